The van der Waals surface area contributed by atoms with Crippen molar-refractivity contribution in [3.8, 4) is 0 Å². The highest BCUT2D eigenvalue weighted by atomic mass is 16.1. The van der Waals surface area contributed by atoms with Gasteiger partial charge in [0.15, 0.2) is 0 Å². The van der Waals surface area contributed by atoms with Gasteiger partial charge in [0.1, 0.15) is 0 Å². The molecule has 0 aromatic heterocycles. The summed E-state index contributed by atoms with van der Waals surface area (Å²) in [4.78, 5) is 11.0. The normalized spacial score (nSPS) is 10.5. The molecular weight excluding hydrogens is 212 g/mol. The highest BCUT2D eigenvalue weighted by molar-refractivity contribution is 5.78. The highest BCUT2D eigenvalue weighted by Crippen LogP contribution is 2.17. The first-order chi connectivity index (χ1) is 8.17. The summed E-state index contributed by atoms with van der Waals surface area (Å²) in [6.45, 7) is 5.35. The van der Waals surface area contributed by atoms with Gasteiger partial charge in [0, 0.05) is 12.2 Å². The number of carbonyl (C=O) groups is 1. The predicted octanol–water partition coefficient (Wildman–Crippen LogP) is 2.56. The zero-order valence-electron chi connectivity index (χ0n) is 10.7. The van der Waals surface area contributed by atoms with E-state index in [1.807, 2.05) is 24.3 Å². The molecule has 1 amide bonds. The number of carbonyl (C=O) groups excluding carboxylic acids is 1. The van der Waals surface area contributed by atoms with E-state index in [-0.39, 0.29) is 5.91 Å². The molecule has 17 heavy (non-hydrogen) atoms. The molecule has 0 radical (unpaired) electrons. The number of hydrogen-bond acceptors (Lipinski definition) is 2. The fourth-order valence-corrected chi connectivity index (χ4v) is 1.87. The predicted molar refractivity (Wildman–Crippen MR) is 71.9 cm³/mol. The minimum absolute atomic E-state index is 0.290. The van der Waals surface area contributed by atoms with E-state index >= 15 is 0 Å². The minimum atomic E-state index is -0.290. The quantitative estimate of drug-likeness (QED) is 0.761. The van der Waals surface area contributed by atoms with Crippen LogP contribution in [-0.2, 0) is 11.2 Å². The molecule has 0 bridgehead atoms. The fourth-order valence-electron chi connectivity index (χ4n) is 1.87. The second-order valence-electron chi connectivity index (χ2n) is 4.36. The number of nitrogens with one attached hydrogen (secondary N) is 1. The van der Waals surface area contributed by atoms with Crippen molar-refractivity contribution in [1.82, 2.24) is 0 Å². The number of nitrogens with two attached hydrogens (primary N) is 1. The largest absolute Gasteiger partial charge is 0.385 e. The lowest BCUT2D eigenvalue weighted by Gasteiger charge is -2.16. The molecule has 1 rings (SSSR count). The molecule has 1 aromatic rings. The summed E-state index contributed by atoms with van der Waals surface area (Å²) >= 11 is 0. The number of primary amides is 1. The van der Waals surface area contributed by atoms with Crippen LogP contribution in [0.25, 0.3) is 0 Å². The van der Waals surface area contributed by atoms with Gasteiger partial charge in [-0.3, -0.25) is 4.79 Å². The van der Waals surface area contributed by atoms with Crippen LogP contribution in [0.5, 0.6) is 0 Å². The molecule has 0 fully saturated rings. The van der Waals surface area contributed by atoms with E-state index in [9.17, 15) is 4.79 Å². The molecular formula is C14H22N2O. The highest BCUT2D eigenvalue weighted by Gasteiger charge is 2.07. The van der Waals surface area contributed by atoms with Crippen LogP contribution >= 0.6 is 0 Å². The summed E-state index contributed by atoms with van der Waals surface area (Å²) in [6.07, 6.45) is 2.63. The van der Waals surface area contributed by atoms with Crippen LogP contribution in [-0.4, -0.2) is 12.5 Å². The van der Waals surface area contributed by atoms with E-state index in [4.69, 9.17) is 5.73 Å². The SMILES string of the molecule is CCC(CC)CNc1ccccc1CC(N)=O. The smallest absolute Gasteiger partial charge is 0.221 e. The maximum Gasteiger partial charge on any atom is 0.221 e. The first-order valence-corrected chi connectivity index (χ1v) is 6.27. The van der Waals surface area contributed by atoms with Crippen molar-refractivity contribution < 1.29 is 4.79 Å². The van der Waals surface area contributed by atoms with E-state index in [2.05, 4.69) is 19.2 Å². The van der Waals surface area contributed by atoms with E-state index in [1.54, 1.807) is 0 Å². The van der Waals surface area contributed by atoms with Crippen LogP contribution < -0.4 is 11.1 Å². The monoisotopic (exact) mass is 234 g/mol. The topological polar surface area (TPSA) is 55.1 Å². The maximum atomic E-state index is 11.0. The lowest BCUT2D eigenvalue weighted by atomic mass is 10.0. The van der Waals surface area contributed by atoms with Crippen molar-refractivity contribution >= 4 is 11.6 Å². The van der Waals surface area contributed by atoms with Crippen LogP contribution in [0.1, 0.15) is 32.3 Å². The number of para-hydroxylation sites is 1. The van der Waals surface area contributed by atoms with Crippen molar-refractivity contribution in [3.63, 3.8) is 0 Å². The Labute approximate surface area is 103 Å². The number of rotatable bonds is 7. The molecule has 0 atom stereocenters. The van der Waals surface area contributed by atoms with Gasteiger partial charge in [-0.2, -0.15) is 0 Å². The van der Waals surface area contributed by atoms with E-state index in [0.29, 0.717) is 12.3 Å². The zero-order valence-corrected chi connectivity index (χ0v) is 10.7. The molecule has 3 heteroatoms. The lowest BCUT2D eigenvalue weighted by molar-refractivity contribution is -0.117. The van der Waals surface area contributed by atoms with Gasteiger partial charge in [0.2, 0.25) is 5.91 Å². The van der Waals surface area contributed by atoms with Gasteiger partial charge < -0.3 is 11.1 Å². The molecule has 1 aromatic carbocycles. The summed E-state index contributed by atoms with van der Waals surface area (Å²) in [6, 6.07) is 7.85. The Morgan fingerprint density at radius 1 is 1.29 bits per heavy atom. The van der Waals surface area contributed by atoms with Gasteiger partial charge in [0.05, 0.1) is 6.42 Å². The van der Waals surface area contributed by atoms with Crippen LogP contribution in [0, 0.1) is 5.92 Å². The summed E-state index contributed by atoms with van der Waals surface area (Å²) in [5.41, 5.74) is 7.24. The zero-order chi connectivity index (χ0) is 12.7. The molecule has 0 saturated heterocycles. The minimum Gasteiger partial charge on any atom is -0.385 e. The van der Waals surface area contributed by atoms with Crippen molar-refractivity contribution in [2.75, 3.05) is 11.9 Å². The summed E-state index contributed by atoms with van der Waals surface area (Å²) in [7, 11) is 0. The van der Waals surface area contributed by atoms with Crippen molar-refractivity contribution in [3.05, 3.63) is 29.8 Å². The maximum absolute atomic E-state index is 11.0. The Morgan fingerprint density at radius 3 is 2.53 bits per heavy atom. The third-order valence-electron chi connectivity index (χ3n) is 3.12. The number of benzene rings is 1. The van der Waals surface area contributed by atoms with E-state index in [1.165, 1.54) is 12.8 Å². The average molecular weight is 234 g/mol. The summed E-state index contributed by atoms with van der Waals surface area (Å²) < 4.78 is 0. The third kappa shape index (κ3) is 4.47. The van der Waals surface area contributed by atoms with Crippen molar-refractivity contribution in [1.29, 1.82) is 0 Å². The Bertz CT molecular complexity index is 359. The number of anilines is 1. The van der Waals surface area contributed by atoms with Crippen molar-refractivity contribution in [2.45, 2.75) is 33.1 Å². The van der Waals surface area contributed by atoms with Crippen LogP contribution in [0.3, 0.4) is 0 Å². The van der Waals surface area contributed by atoms with Gasteiger partial charge in [0.25, 0.3) is 0 Å². The second kappa shape index (κ2) is 6.94. The summed E-state index contributed by atoms with van der Waals surface area (Å²) in [5.74, 6) is 0.387. The van der Waals surface area contributed by atoms with E-state index < -0.39 is 0 Å². The molecule has 0 aliphatic rings. The standard InChI is InChI=1S/C14H22N2O/c1-3-11(4-2)10-16-13-8-6-5-7-12(13)9-14(15)17/h5-8,11,16H,3-4,9-10H2,1-2H3,(H2,15,17). The molecule has 0 aliphatic carbocycles. The molecule has 0 unspecified atom stereocenters. The van der Waals surface area contributed by atoms with Crippen LogP contribution in [0.15, 0.2) is 24.3 Å². The van der Waals surface area contributed by atoms with Gasteiger partial charge >= 0.3 is 0 Å². The molecule has 0 spiro atoms. The molecule has 0 heterocycles. The first kappa shape index (κ1) is 13.6. The Hall–Kier alpha value is -1.51. The van der Waals surface area contributed by atoms with E-state index in [0.717, 1.165) is 17.8 Å². The Morgan fingerprint density at radius 2 is 1.94 bits per heavy atom. The van der Waals surface area contributed by atoms with Gasteiger partial charge in [-0.05, 0) is 17.5 Å². The number of hydrogen-bond donors (Lipinski definition) is 2. The molecule has 3 nitrogen and oxygen atoms in total. The first-order valence-electron chi connectivity index (χ1n) is 6.27. The third-order valence-corrected chi connectivity index (χ3v) is 3.12. The fraction of sp³-hybridized carbons (Fsp3) is 0.500. The Kier molecular flexibility index (Phi) is 5.53. The lowest BCUT2D eigenvalue weighted by Crippen LogP contribution is -2.17. The molecule has 3 N–H and O–H groups in total. The second-order valence-corrected chi connectivity index (χ2v) is 4.36. The van der Waals surface area contributed by atoms with Crippen molar-refractivity contribution in [2.24, 2.45) is 11.7 Å². The Balaban J connectivity index is 2.66. The van der Waals surface area contributed by atoms with Gasteiger partial charge in [-0.25, -0.2) is 0 Å². The van der Waals surface area contributed by atoms with Gasteiger partial charge in [-0.1, -0.05) is 44.9 Å². The van der Waals surface area contributed by atoms with Crippen LogP contribution in [0.2, 0.25) is 0 Å². The van der Waals surface area contributed by atoms with Crippen LogP contribution in [0.4, 0.5) is 5.69 Å². The number of amides is 1. The molecule has 0 saturated carbocycles. The summed E-state index contributed by atoms with van der Waals surface area (Å²) in [5, 5.41) is 3.41. The molecule has 0 aliphatic heterocycles. The average Bonchev–Trinajstić information content (AvgIpc) is 2.31. The molecule has 94 valence electrons. The van der Waals surface area contributed by atoms with Gasteiger partial charge in [-0.15, -0.1) is 0 Å².